The van der Waals surface area contributed by atoms with Crippen LogP contribution in [0.1, 0.15) is 10.4 Å². The second kappa shape index (κ2) is 4.27. The summed E-state index contributed by atoms with van der Waals surface area (Å²) in [5.41, 5.74) is 0.607. The Morgan fingerprint density at radius 1 is 1.21 bits per heavy atom. The molecule has 1 aromatic carbocycles. The van der Waals surface area contributed by atoms with E-state index in [1.165, 1.54) is 0 Å². The first-order chi connectivity index (χ1) is 6.38. The summed E-state index contributed by atoms with van der Waals surface area (Å²) in [7, 11) is -1.78. The summed E-state index contributed by atoms with van der Waals surface area (Å²) in [4.78, 5) is 11.6. The minimum atomic E-state index is -1.78. The van der Waals surface area contributed by atoms with Gasteiger partial charge in [-0.2, -0.15) is 0 Å². The number of carbonyl (C=O) groups excluding carboxylic acids is 1. The Labute approximate surface area is 93.5 Å². The highest BCUT2D eigenvalue weighted by atomic mass is 79.9. The summed E-state index contributed by atoms with van der Waals surface area (Å²) < 4.78 is 6.31. The van der Waals surface area contributed by atoms with E-state index >= 15 is 0 Å². The van der Waals surface area contributed by atoms with Gasteiger partial charge >= 0.3 is 5.97 Å². The van der Waals surface area contributed by atoms with Crippen LogP contribution in [0.25, 0.3) is 0 Å². The monoisotopic (exact) mass is 272 g/mol. The summed E-state index contributed by atoms with van der Waals surface area (Å²) in [5.74, 6) is -0.225. The molecular formula is C10H13BrO2Si. The molecule has 4 heteroatoms. The Balaban J connectivity index is 2.76. The van der Waals surface area contributed by atoms with Crippen molar-refractivity contribution in [3.05, 3.63) is 34.3 Å². The molecule has 76 valence electrons. The van der Waals surface area contributed by atoms with Crippen LogP contribution in [0.2, 0.25) is 19.6 Å². The fourth-order valence-corrected chi connectivity index (χ4v) is 1.86. The molecule has 0 radical (unpaired) electrons. The minimum absolute atomic E-state index is 0.225. The van der Waals surface area contributed by atoms with Crippen LogP contribution in [0.5, 0.6) is 0 Å². The first-order valence-electron chi connectivity index (χ1n) is 4.37. The molecule has 0 aromatic heterocycles. The van der Waals surface area contributed by atoms with Gasteiger partial charge in [0.25, 0.3) is 0 Å². The van der Waals surface area contributed by atoms with Crippen LogP contribution >= 0.6 is 15.9 Å². The zero-order valence-electron chi connectivity index (χ0n) is 8.50. The molecule has 0 atom stereocenters. The lowest BCUT2D eigenvalue weighted by molar-refractivity contribution is 0.0724. The predicted octanol–water partition coefficient (Wildman–Crippen LogP) is 3.44. The van der Waals surface area contributed by atoms with Crippen molar-refractivity contribution in [2.24, 2.45) is 0 Å². The smallest absolute Gasteiger partial charge is 0.324 e. The zero-order valence-corrected chi connectivity index (χ0v) is 11.1. The fourth-order valence-electron chi connectivity index (χ4n) is 0.923. The van der Waals surface area contributed by atoms with Gasteiger partial charge < -0.3 is 4.43 Å². The third kappa shape index (κ3) is 3.63. The molecule has 1 rings (SSSR count). The molecule has 0 amide bonds. The van der Waals surface area contributed by atoms with Crippen molar-refractivity contribution < 1.29 is 9.22 Å². The SMILES string of the molecule is C[Si](C)(C)OC(=O)c1ccc(Br)cc1. The van der Waals surface area contributed by atoms with E-state index in [1.54, 1.807) is 12.1 Å². The number of hydrogen-bond acceptors (Lipinski definition) is 2. The van der Waals surface area contributed by atoms with Gasteiger partial charge in [-0.15, -0.1) is 0 Å². The van der Waals surface area contributed by atoms with Gasteiger partial charge in [0.05, 0.1) is 5.56 Å². The van der Waals surface area contributed by atoms with Crippen molar-refractivity contribution >= 4 is 30.2 Å². The summed E-state index contributed by atoms with van der Waals surface area (Å²) in [6, 6.07) is 7.18. The third-order valence-electron chi connectivity index (χ3n) is 1.48. The van der Waals surface area contributed by atoms with E-state index in [4.69, 9.17) is 4.43 Å². The lowest BCUT2D eigenvalue weighted by atomic mass is 10.2. The molecule has 2 nitrogen and oxygen atoms in total. The first-order valence-corrected chi connectivity index (χ1v) is 8.57. The Morgan fingerprint density at radius 2 is 1.71 bits per heavy atom. The normalized spacial score (nSPS) is 11.1. The molecule has 0 spiro atoms. The van der Waals surface area contributed by atoms with Crippen LogP contribution in [0, 0.1) is 0 Å². The van der Waals surface area contributed by atoms with E-state index in [0.717, 1.165) is 4.47 Å². The predicted molar refractivity (Wildman–Crippen MR) is 62.9 cm³/mol. The molecule has 1 aromatic rings. The molecule has 0 bridgehead atoms. The number of rotatable bonds is 2. The molecule has 0 saturated heterocycles. The lowest BCUT2D eigenvalue weighted by Gasteiger charge is -2.17. The van der Waals surface area contributed by atoms with Crippen molar-refractivity contribution in [3.8, 4) is 0 Å². The average molecular weight is 273 g/mol. The lowest BCUT2D eigenvalue weighted by Crippen LogP contribution is -2.29. The number of hydrogen-bond donors (Lipinski definition) is 0. The topological polar surface area (TPSA) is 26.3 Å². The van der Waals surface area contributed by atoms with E-state index < -0.39 is 8.32 Å². The molecule has 0 N–H and O–H groups in total. The minimum Gasteiger partial charge on any atom is -0.516 e. The summed E-state index contributed by atoms with van der Waals surface area (Å²) in [5, 5.41) is 0. The van der Waals surface area contributed by atoms with Crippen LogP contribution in [-0.4, -0.2) is 14.3 Å². The number of benzene rings is 1. The average Bonchev–Trinajstić information content (AvgIpc) is 2.02. The van der Waals surface area contributed by atoms with Crippen molar-refractivity contribution in [2.45, 2.75) is 19.6 Å². The van der Waals surface area contributed by atoms with Crippen LogP contribution in [0.3, 0.4) is 0 Å². The van der Waals surface area contributed by atoms with Crippen LogP contribution in [-0.2, 0) is 4.43 Å². The van der Waals surface area contributed by atoms with Crippen molar-refractivity contribution in [1.29, 1.82) is 0 Å². The van der Waals surface area contributed by atoms with Gasteiger partial charge in [-0.1, -0.05) is 15.9 Å². The summed E-state index contributed by atoms with van der Waals surface area (Å²) in [6.07, 6.45) is 0. The second-order valence-electron chi connectivity index (χ2n) is 4.01. The van der Waals surface area contributed by atoms with E-state index in [-0.39, 0.29) is 5.97 Å². The standard InChI is InChI=1S/C10H13BrO2Si/c1-14(2,3)13-10(12)8-4-6-9(11)7-5-8/h4-7H,1-3H3. The first kappa shape index (κ1) is 11.5. The highest BCUT2D eigenvalue weighted by Crippen LogP contribution is 2.13. The van der Waals surface area contributed by atoms with E-state index in [2.05, 4.69) is 15.9 Å². The van der Waals surface area contributed by atoms with Crippen molar-refractivity contribution in [2.75, 3.05) is 0 Å². The molecule has 0 aliphatic rings. The van der Waals surface area contributed by atoms with E-state index in [9.17, 15) is 4.79 Å². The van der Waals surface area contributed by atoms with Gasteiger partial charge in [-0.05, 0) is 43.9 Å². The third-order valence-corrected chi connectivity index (χ3v) is 2.81. The highest BCUT2D eigenvalue weighted by Gasteiger charge is 2.20. The molecule has 0 unspecified atom stereocenters. The molecule has 0 heterocycles. The molecule has 0 aliphatic carbocycles. The second-order valence-corrected chi connectivity index (χ2v) is 9.35. The molecule has 0 aliphatic heterocycles. The van der Waals surface area contributed by atoms with Gasteiger partial charge in [-0.3, -0.25) is 0 Å². The Bertz CT molecular complexity index is 327. The fraction of sp³-hybridized carbons (Fsp3) is 0.300. The van der Waals surface area contributed by atoms with E-state index in [1.807, 2.05) is 31.8 Å². The maximum absolute atomic E-state index is 11.6. The van der Waals surface area contributed by atoms with Crippen LogP contribution in [0.15, 0.2) is 28.7 Å². The summed E-state index contributed by atoms with van der Waals surface area (Å²) in [6.45, 7) is 5.97. The van der Waals surface area contributed by atoms with Gasteiger partial charge in [-0.25, -0.2) is 4.79 Å². The highest BCUT2D eigenvalue weighted by molar-refractivity contribution is 9.10. The van der Waals surface area contributed by atoms with Gasteiger partial charge in [0.15, 0.2) is 0 Å². The zero-order chi connectivity index (χ0) is 10.8. The molecular weight excluding hydrogens is 260 g/mol. The Hall–Kier alpha value is -0.613. The molecule has 14 heavy (non-hydrogen) atoms. The Morgan fingerprint density at radius 3 is 2.14 bits per heavy atom. The van der Waals surface area contributed by atoms with Gasteiger partial charge in [0.2, 0.25) is 8.32 Å². The number of halogens is 1. The van der Waals surface area contributed by atoms with Crippen LogP contribution in [0.4, 0.5) is 0 Å². The molecule has 0 saturated carbocycles. The van der Waals surface area contributed by atoms with Crippen molar-refractivity contribution in [1.82, 2.24) is 0 Å². The van der Waals surface area contributed by atoms with Crippen LogP contribution < -0.4 is 0 Å². The van der Waals surface area contributed by atoms with Crippen molar-refractivity contribution in [3.63, 3.8) is 0 Å². The maximum Gasteiger partial charge on any atom is 0.324 e. The van der Waals surface area contributed by atoms with E-state index in [0.29, 0.717) is 5.56 Å². The Kier molecular flexibility index (Phi) is 3.50. The van der Waals surface area contributed by atoms with Gasteiger partial charge in [0, 0.05) is 4.47 Å². The molecule has 0 fully saturated rings. The maximum atomic E-state index is 11.6. The largest absolute Gasteiger partial charge is 0.516 e. The quantitative estimate of drug-likeness (QED) is 0.771. The van der Waals surface area contributed by atoms with Gasteiger partial charge in [0.1, 0.15) is 0 Å². The number of carbonyl (C=O) groups is 1. The summed E-state index contributed by atoms with van der Waals surface area (Å²) >= 11 is 3.31.